The van der Waals surface area contributed by atoms with E-state index in [1.807, 2.05) is 13.0 Å². The average molecular weight is 359 g/mol. The van der Waals surface area contributed by atoms with Gasteiger partial charge in [-0.3, -0.25) is 4.79 Å². The minimum atomic E-state index is 0.0504. The van der Waals surface area contributed by atoms with E-state index < -0.39 is 0 Å². The fraction of sp³-hybridized carbons (Fsp3) is 0.550. The van der Waals surface area contributed by atoms with Crippen LogP contribution in [0.4, 0.5) is 0 Å². The van der Waals surface area contributed by atoms with E-state index in [4.69, 9.17) is 4.42 Å². The van der Waals surface area contributed by atoms with Crippen LogP contribution in [0.2, 0.25) is 0 Å². The quantitative estimate of drug-likeness (QED) is 0.879. The fourth-order valence-electron chi connectivity index (χ4n) is 4.25. The van der Waals surface area contributed by atoms with Gasteiger partial charge in [-0.25, -0.2) is 0 Å². The summed E-state index contributed by atoms with van der Waals surface area (Å²) in [5, 5.41) is 7.67. The highest BCUT2D eigenvalue weighted by Crippen LogP contribution is 2.56. The van der Waals surface area contributed by atoms with Gasteiger partial charge in [0.1, 0.15) is 5.76 Å². The van der Waals surface area contributed by atoms with Crippen molar-refractivity contribution in [3.05, 3.63) is 45.5 Å². The zero-order valence-electron chi connectivity index (χ0n) is 15.0. The molecule has 1 saturated heterocycles. The number of hydrogen-bond donors (Lipinski definition) is 1. The number of nitrogens with one attached hydrogen (secondary N) is 1. The highest BCUT2D eigenvalue weighted by Gasteiger charge is 2.58. The van der Waals surface area contributed by atoms with E-state index in [0.29, 0.717) is 23.8 Å². The Kier molecular flexibility index (Phi) is 4.46. The molecule has 1 spiro atoms. The summed E-state index contributed by atoms with van der Waals surface area (Å²) >= 11 is 1.69. The summed E-state index contributed by atoms with van der Waals surface area (Å²) in [6.07, 6.45) is 4.29. The fourth-order valence-corrected chi connectivity index (χ4v) is 4.91. The van der Waals surface area contributed by atoms with E-state index in [1.165, 1.54) is 18.4 Å². The lowest BCUT2D eigenvalue weighted by molar-refractivity contribution is 0.0658. The van der Waals surface area contributed by atoms with Gasteiger partial charge in [-0.1, -0.05) is 6.92 Å². The van der Waals surface area contributed by atoms with Crippen molar-refractivity contribution in [3.63, 3.8) is 0 Å². The van der Waals surface area contributed by atoms with Crippen LogP contribution in [-0.2, 0) is 13.0 Å². The normalized spacial score (nSPS) is 21.4. The van der Waals surface area contributed by atoms with Crippen LogP contribution < -0.4 is 5.32 Å². The lowest BCUT2D eigenvalue weighted by atomic mass is 9.93. The average Bonchev–Trinajstić information content (AvgIpc) is 2.99. The van der Waals surface area contributed by atoms with E-state index in [-0.39, 0.29) is 5.91 Å². The monoisotopic (exact) mass is 358 g/mol. The third kappa shape index (κ3) is 3.15. The van der Waals surface area contributed by atoms with E-state index >= 15 is 0 Å². The smallest absolute Gasteiger partial charge is 0.290 e. The van der Waals surface area contributed by atoms with Crippen LogP contribution in [0.3, 0.4) is 0 Å². The molecule has 1 aliphatic heterocycles. The minimum Gasteiger partial charge on any atom is -0.456 e. The molecule has 5 heteroatoms. The van der Waals surface area contributed by atoms with E-state index in [2.05, 4.69) is 34.0 Å². The first-order valence-corrected chi connectivity index (χ1v) is 10.2. The first-order chi connectivity index (χ1) is 12.1. The molecule has 0 aromatic carbocycles. The number of amides is 1. The van der Waals surface area contributed by atoms with Gasteiger partial charge in [0.25, 0.3) is 5.91 Å². The van der Waals surface area contributed by atoms with Gasteiger partial charge in [0, 0.05) is 19.0 Å². The predicted molar refractivity (Wildman–Crippen MR) is 100.0 cm³/mol. The van der Waals surface area contributed by atoms with Crippen molar-refractivity contribution in [2.75, 3.05) is 13.1 Å². The Morgan fingerprint density at radius 1 is 1.44 bits per heavy atom. The molecule has 1 unspecified atom stereocenters. The molecule has 1 saturated carbocycles. The van der Waals surface area contributed by atoms with Crippen LogP contribution >= 0.6 is 11.3 Å². The molecule has 134 valence electrons. The second-order valence-electron chi connectivity index (χ2n) is 7.47. The maximum absolute atomic E-state index is 13.3. The number of thiophene rings is 1. The van der Waals surface area contributed by atoms with Gasteiger partial charge in [0.05, 0.1) is 0 Å². The molecule has 4 nitrogen and oxygen atoms in total. The van der Waals surface area contributed by atoms with Crippen molar-refractivity contribution in [1.29, 1.82) is 0 Å². The van der Waals surface area contributed by atoms with Crippen LogP contribution in [0.25, 0.3) is 0 Å². The Morgan fingerprint density at radius 2 is 2.24 bits per heavy atom. The van der Waals surface area contributed by atoms with Gasteiger partial charge >= 0.3 is 0 Å². The first-order valence-electron chi connectivity index (χ1n) is 9.25. The van der Waals surface area contributed by atoms with E-state index in [0.717, 1.165) is 37.3 Å². The van der Waals surface area contributed by atoms with E-state index in [9.17, 15) is 4.79 Å². The van der Waals surface area contributed by atoms with Crippen molar-refractivity contribution in [1.82, 2.24) is 10.2 Å². The van der Waals surface area contributed by atoms with Crippen LogP contribution in [0.1, 0.15) is 53.6 Å². The first kappa shape index (κ1) is 16.9. The Balaban J connectivity index is 1.59. The molecule has 1 atom stereocenters. The number of nitrogens with zero attached hydrogens (tertiary/aromatic N) is 1. The zero-order valence-corrected chi connectivity index (χ0v) is 15.8. The molecular formula is C20H26N2O2S. The van der Waals surface area contributed by atoms with Gasteiger partial charge in [0.15, 0.2) is 5.76 Å². The number of carbonyl (C=O) groups excluding carboxylic acids is 1. The van der Waals surface area contributed by atoms with E-state index in [1.54, 1.807) is 11.3 Å². The van der Waals surface area contributed by atoms with Crippen molar-refractivity contribution in [3.8, 4) is 0 Å². The molecule has 2 aromatic heterocycles. The second-order valence-corrected chi connectivity index (χ2v) is 8.25. The Hall–Kier alpha value is -1.59. The Bertz CT molecular complexity index is 744. The van der Waals surface area contributed by atoms with Crippen molar-refractivity contribution >= 4 is 17.2 Å². The Morgan fingerprint density at radius 3 is 2.88 bits per heavy atom. The highest BCUT2D eigenvalue weighted by molar-refractivity contribution is 7.07. The molecule has 1 aliphatic carbocycles. The summed E-state index contributed by atoms with van der Waals surface area (Å²) in [7, 11) is 0. The summed E-state index contributed by atoms with van der Waals surface area (Å²) in [6.45, 7) is 6.90. The molecule has 1 amide bonds. The number of carbonyl (C=O) groups is 1. The molecule has 3 heterocycles. The highest BCUT2D eigenvalue weighted by atomic mass is 32.1. The lowest BCUT2D eigenvalue weighted by Gasteiger charge is -2.29. The molecule has 0 bridgehead atoms. The SMILES string of the molecule is CCc1oc(C(=O)N(Cc2ccsc2)C2CC23CCNCC3)cc1C. The third-order valence-corrected chi connectivity index (χ3v) is 6.60. The van der Waals surface area contributed by atoms with Crippen LogP contribution in [0.15, 0.2) is 27.3 Å². The lowest BCUT2D eigenvalue weighted by Crippen LogP contribution is -2.39. The summed E-state index contributed by atoms with van der Waals surface area (Å²) in [5.41, 5.74) is 2.62. The summed E-state index contributed by atoms with van der Waals surface area (Å²) < 4.78 is 5.88. The standard InChI is InChI=1S/C20H26N2O2S/c1-3-16-14(2)10-17(24-16)19(23)22(12-15-4-9-25-13-15)18-11-20(18)5-7-21-8-6-20/h4,9-10,13,18,21H,3,5-8,11-12H2,1-2H3. The molecule has 4 rings (SSSR count). The van der Waals surface area contributed by atoms with Crippen LogP contribution in [0.5, 0.6) is 0 Å². The number of piperidine rings is 1. The summed E-state index contributed by atoms with van der Waals surface area (Å²) in [4.78, 5) is 15.4. The van der Waals surface area contributed by atoms with Crippen LogP contribution in [0, 0.1) is 12.3 Å². The zero-order chi connectivity index (χ0) is 17.4. The number of rotatable bonds is 5. The van der Waals surface area contributed by atoms with Crippen molar-refractivity contribution < 1.29 is 9.21 Å². The number of aryl methyl sites for hydroxylation is 2. The molecule has 25 heavy (non-hydrogen) atoms. The number of hydrogen-bond acceptors (Lipinski definition) is 4. The van der Waals surface area contributed by atoms with Crippen LogP contribution in [-0.4, -0.2) is 29.9 Å². The topological polar surface area (TPSA) is 45.5 Å². The van der Waals surface area contributed by atoms with Gasteiger partial charge < -0.3 is 14.6 Å². The predicted octanol–water partition coefficient (Wildman–Crippen LogP) is 4.00. The minimum absolute atomic E-state index is 0.0504. The van der Waals surface area contributed by atoms with Gasteiger partial charge in [-0.15, -0.1) is 0 Å². The van der Waals surface area contributed by atoms with Gasteiger partial charge in [-0.2, -0.15) is 11.3 Å². The van der Waals surface area contributed by atoms with Crippen molar-refractivity contribution in [2.24, 2.45) is 5.41 Å². The third-order valence-electron chi connectivity index (χ3n) is 5.87. The molecular weight excluding hydrogens is 332 g/mol. The Labute approximate surface area is 153 Å². The summed E-state index contributed by atoms with van der Waals surface area (Å²) in [6, 6.07) is 4.38. The maximum Gasteiger partial charge on any atom is 0.290 e. The second kappa shape index (κ2) is 6.61. The molecule has 2 aliphatic rings. The number of furan rings is 1. The summed E-state index contributed by atoms with van der Waals surface area (Å²) in [5.74, 6) is 1.47. The molecule has 0 radical (unpaired) electrons. The van der Waals surface area contributed by atoms with Crippen molar-refractivity contribution in [2.45, 2.75) is 52.1 Å². The molecule has 2 aromatic rings. The van der Waals surface area contributed by atoms with Gasteiger partial charge in [-0.05, 0) is 78.7 Å². The molecule has 1 N–H and O–H groups in total. The maximum atomic E-state index is 13.3. The van der Waals surface area contributed by atoms with Gasteiger partial charge in [0.2, 0.25) is 0 Å². The largest absolute Gasteiger partial charge is 0.456 e. The molecule has 2 fully saturated rings.